The zero-order valence-corrected chi connectivity index (χ0v) is 6.30. The fourth-order valence-electron chi connectivity index (χ4n) is 1.16. The third kappa shape index (κ3) is 2.67. The van der Waals surface area contributed by atoms with Gasteiger partial charge in [-0.2, -0.15) is 0 Å². The summed E-state index contributed by atoms with van der Waals surface area (Å²) in [6, 6.07) is 0. The maximum atomic E-state index is 8.33. The van der Waals surface area contributed by atoms with Crippen molar-refractivity contribution in [2.24, 2.45) is 0 Å². The van der Waals surface area contributed by atoms with Crippen LogP contribution in [0.1, 0.15) is 32.1 Å². The number of hydrogen-bond donors (Lipinski definition) is 2. The van der Waals surface area contributed by atoms with Crippen LogP contribution in [-0.2, 0) is 15.2 Å². The molecule has 2 N–H and O–H groups in total. The Labute approximate surface area is 62.3 Å². The van der Waals surface area contributed by atoms with Gasteiger partial charge in [0.05, 0.1) is 0 Å². The monoisotopic (exact) mass is 178 g/mol. The van der Waals surface area contributed by atoms with Crippen molar-refractivity contribution in [1.82, 2.24) is 4.50 Å². The van der Waals surface area contributed by atoms with E-state index < -0.39 is 0 Å². The first kappa shape index (κ1) is 7.55. The molecule has 2 nitrogen and oxygen atoms in total. The van der Waals surface area contributed by atoms with Gasteiger partial charge in [-0.3, -0.25) is 0 Å². The second-order valence-corrected chi connectivity index (χ2v) is 3.58. The molecule has 0 spiro atoms. The van der Waals surface area contributed by atoms with E-state index >= 15 is 0 Å². The maximum absolute atomic E-state index is 8.33. The predicted molar refractivity (Wildman–Crippen MR) is 31.8 cm³/mol. The summed E-state index contributed by atoms with van der Waals surface area (Å²) in [5.74, 6) is 0. The van der Waals surface area contributed by atoms with Gasteiger partial charge < -0.3 is 0 Å². The fourth-order valence-corrected chi connectivity index (χ4v) is 1.99. The molecule has 0 heterocycles. The van der Waals surface area contributed by atoms with E-state index in [-0.39, 0.29) is 0 Å². The van der Waals surface area contributed by atoms with E-state index in [9.17, 15) is 0 Å². The summed E-state index contributed by atoms with van der Waals surface area (Å²) in [7, 11) is 0. The summed E-state index contributed by atoms with van der Waals surface area (Å²) in [6.45, 7) is 0. The Balaban J connectivity index is 2.08. The predicted octanol–water partition coefficient (Wildman–Crippen LogP) is 1.72. The first-order valence-corrected chi connectivity index (χ1v) is 4.38. The van der Waals surface area contributed by atoms with Gasteiger partial charge in [0.1, 0.15) is 0 Å². The van der Waals surface area contributed by atoms with E-state index in [0.717, 1.165) is 0 Å². The Morgan fingerprint density at radius 1 is 1.22 bits per heavy atom. The van der Waals surface area contributed by atoms with Crippen molar-refractivity contribution in [3.05, 3.63) is 0 Å². The van der Waals surface area contributed by atoms with Crippen molar-refractivity contribution in [3.8, 4) is 0 Å². The number of nitrogens with one attached hydrogen (secondary N) is 1. The SMILES string of the molecule is O[NH][Cu][CH]1CCCCC1. The number of rotatable bonds is 2. The molecule has 1 saturated carbocycles. The van der Waals surface area contributed by atoms with Crippen LogP contribution in [0.5, 0.6) is 0 Å². The molecule has 0 bridgehead atoms. The molecule has 0 aliphatic heterocycles. The average molecular weight is 179 g/mol. The molecule has 1 aliphatic rings. The Morgan fingerprint density at radius 3 is 2.44 bits per heavy atom. The Kier molecular flexibility index (Phi) is 3.59. The molecule has 0 amide bonds. The zero-order chi connectivity index (χ0) is 6.53. The van der Waals surface area contributed by atoms with E-state index in [2.05, 4.69) is 4.50 Å². The van der Waals surface area contributed by atoms with Crippen LogP contribution in [0.3, 0.4) is 0 Å². The van der Waals surface area contributed by atoms with Crippen molar-refractivity contribution in [2.45, 2.75) is 36.9 Å². The van der Waals surface area contributed by atoms with Crippen LogP contribution in [0, 0.1) is 0 Å². The number of hydrogen-bond acceptors (Lipinski definition) is 2. The van der Waals surface area contributed by atoms with Crippen LogP contribution >= 0.6 is 0 Å². The van der Waals surface area contributed by atoms with Crippen molar-refractivity contribution in [3.63, 3.8) is 0 Å². The van der Waals surface area contributed by atoms with E-state index in [1.807, 2.05) is 0 Å². The van der Waals surface area contributed by atoms with Gasteiger partial charge in [0.25, 0.3) is 0 Å². The topological polar surface area (TPSA) is 32.3 Å². The van der Waals surface area contributed by atoms with Crippen LogP contribution in [0.2, 0.25) is 4.82 Å². The quantitative estimate of drug-likeness (QED) is 0.499. The third-order valence-corrected chi connectivity index (χ3v) is 2.70. The molecule has 0 aromatic rings. The molecule has 3 heteroatoms. The molecule has 1 fully saturated rings. The van der Waals surface area contributed by atoms with Gasteiger partial charge in [-0.25, -0.2) is 0 Å². The standard InChI is InChI=1S/C6H11.Cu.H2NO/c1-2-4-6-5-3-1;;1-2/h1H,2-6H2;;1-2H/q;+1;-1. The van der Waals surface area contributed by atoms with Gasteiger partial charge in [0.15, 0.2) is 0 Å². The molecule has 0 atom stereocenters. The minimum atomic E-state index is 0.646. The van der Waals surface area contributed by atoms with Crippen LogP contribution in [-0.4, -0.2) is 5.21 Å². The van der Waals surface area contributed by atoms with Gasteiger partial charge in [-0.1, -0.05) is 0 Å². The third-order valence-electron chi connectivity index (χ3n) is 1.65. The Bertz CT molecular complexity index is 70.7. The van der Waals surface area contributed by atoms with Crippen molar-refractivity contribution in [1.29, 1.82) is 0 Å². The molecule has 0 saturated heterocycles. The first-order valence-electron chi connectivity index (χ1n) is 3.36. The van der Waals surface area contributed by atoms with E-state index in [4.69, 9.17) is 5.21 Å². The summed E-state index contributed by atoms with van der Waals surface area (Å²) >= 11 is 1.54. The van der Waals surface area contributed by atoms with Crippen molar-refractivity contribution < 1.29 is 20.4 Å². The van der Waals surface area contributed by atoms with E-state index in [1.165, 1.54) is 32.1 Å². The molecular formula is C6H13CuNO. The van der Waals surface area contributed by atoms with Crippen LogP contribution in [0.4, 0.5) is 0 Å². The summed E-state index contributed by atoms with van der Waals surface area (Å²) in [5.41, 5.74) is 0. The van der Waals surface area contributed by atoms with Gasteiger partial charge in [0, 0.05) is 0 Å². The summed E-state index contributed by atoms with van der Waals surface area (Å²) in [4.78, 5) is 0.646. The van der Waals surface area contributed by atoms with Crippen LogP contribution < -0.4 is 4.50 Å². The molecule has 9 heavy (non-hydrogen) atoms. The molecule has 0 aromatic carbocycles. The van der Waals surface area contributed by atoms with Gasteiger partial charge in [-0.05, 0) is 0 Å². The zero-order valence-electron chi connectivity index (χ0n) is 5.36. The molecule has 0 unspecified atom stereocenters. The Morgan fingerprint density at radius 2 is 1.89 bits per heavy atom. The second kappa shape index (κ2) is 4.29. The summed E-state index contributed by atoms with van der Waals surface area (Å²) < 4.78 is 2.14. The fraction of sp³-hybridized carbons (Fsp3) is 1.00. The average Bonchev–Trinajstić information content (AvgIpc) is 1.91. The molecule has 59 valence electrons. The molecule has 0 aromatic heterocycles. The van der Waals surface area contributed by atoms with Crippen molar-refractivity contribution >= 4 is 0 Å². The first-order chi connectivity index (χ1) is 4.43. The minimum absolute atomic E-state index is 0.646. The molecule has 1 aliphatic carbocycles. The Hall–Kier alpha value is 0.439. The summed E-state index contributed by atoms with van der Waals surface area (Å²) in [6.07, 6.45) is 6.55. The molecule has 0 radical (unpaired) electrons. The molecule has 1 rings (SSSR count). The normalized spacial score (nSPS) is 22.8. The van der Waals surface area contributed by atoms with Crippen LogP contribution in [0.15, 0.2) is 0 Å². The van der Waals surface area contributed by atoms with Gasteiger partial charge >= 0.3 is 61.8 Å². The van der Waals surface area contributed by atoms with Gasteiger partial charge in [0.2, 0.25) is 0 Å². The molecular weight excluding hydrogens is 166 g/mol. The van der Waals surface area contributed by atoms with Crippen molar-refractivity contribution in [2.75, 3.05) is 0 Å². The summed E-state index contributed by atoms with van der Waals surface area (Å²) in [5, 5.41) is 8.33. The van der Waals surface area contributed by atoms with E-state index in [0.29, 0.717) is 4.82 Å². The second-order valence-electron chi connectivity index (χ2n) is 2.33. The van der Waals surface area contributed by atoms with E-state index in [1.54, 1.807) is 15.2 Å². The van der Waals surface area contributed by atoms with Crippen LogP contribution in [0.25, 0.3) is 0 Å². The van der Waals surface area contributed by atoms with Gasteiger partial charge in [-0.15, -0.1) is 0 Å².